The van der Waals surface area contributed by atoms with Crippen LogP contribution in [0.5, 0.6) is 0 Å². The molecule has 2 aliphatic rings. The van der Waals surface area contributed by atoms with E-state index in [0.717, 1.165) is 18.4 Å². The van der Waals surface area contributed by atoms with E-state index in [1.165, 1.54) is 31.5 Å². The Kier molecular flexibility index (Phi) is 5.10. The molecule has 1 aromatic rings. The summed E-state index contributed by atoms with van der Waals surface area (Å²) in [5.41, 5.74) is 1.16. The molecule has 3 rings (SSSR count). The number of nitrogens with one attached hydrogen (secondary N) is 1. The topological polar surface area (TPSA) is 41.6 Å². The molecule has 0 aromatic heterocycles. The first-order valence-electron chi connectivity index (χ1n) is 9.46. The largest absolute Gasteiger partial charge is 0.444 e. The van der Waals surface area contributed by atoms with Crippen LogP contribution in [0.1, 0.15) is 46.1 Å². The van der Waals surface area contributed by atoms with Crippen LogP contribution in [0.4, 0.5) is 4.79 Å². The van der Waals surface area contributed by atoms with E-state index in [4.69, 9.17) is 4.74 Å². The molecule has 1 N–H and O–H groups in total. The van der Waals surface area contributed by atoms with Crippen molar-refractivity contribution in [1.29, 1.82) is 0 Å². The second-order valence-electron chi connectivity index (χ2n) is 9.27. The highest BCUT2D eigenvalue weighted by Gasteiger charge is 2.46. The summed E-state index contributed by atoms with van der Waals surface area (Å²) < 4.78 is 5.36. The zero-order chi connectivity index (χ0) is 18.1. The predicted molar refractivity (Wildman–Crippen MR) is 100 cm³/mol. The van der Waals surface area contributed by atoms with Crippen LogP contribution in [0.15, 0.2) is 30.3 Å². The molecule has 2 fully saturated rings. The number of nitrogens with zero attached hydrogens (tertiary/aromatic N) is 1. The molecule has 1 aliphatic heterocycles. The Balaban J connectivity index is 1.46. The Morgan fingerprint density at radius 3 is 2.36 bits per heavy atom. The molecule has 25 heavy (non-hydrogen) atoms. The summed E-state index contributed by atoms with van der Waals surface area (Å²) in [7, 11) is 0. The van der Waals surface area contributed by atoms with Gasteiger partial charge in [-0.05, 0) is 56.4 Å². The lowest BCUT2D eigenvalue weighted by atomic mass is 9.87. The van der Waals surface area contributed by atoms with Gasteiger partial charge < -0.3 is 10.1 Å². The van der Waals surface area contributed by atoms with E-state index in [-0.39, 0.29) is 11.5 Å². The Morgan fingerprint density at radius 1 is 1.20 bits per heavy atom. The number of hydrogen-bond donors (Lipinski definition) is 1. The fraction of sp³-hybridized carbons (Fsp3) is 0.667. The van der Waals surface area contributed by atoms with Crippen LogP contribution in [-0.2, 0) is 11.3 Å². The van der Waals surface area contributed by atoms with Crippen molar-refractivity contribution in [2.24, 2.45) is 17.3 Å². The Hall–Kier alpha value is -1.55. The summed E-state index contributed by atoms with van der Waals surface area (Å²) in [6.07, 6.45) is 2.09. The van der Waals surface area contributed by atoms with E-state index >= 15 is 0 Å². The summed E-state index contributed by atoms with van der Waals surface area (Å²) in [5, 5.41) is 2.99. The van der Waals surface area contributed by atoms with E-state index in [1.54, 1.807) is 0 Å². The number of carbonyl (C=O) groups excluding carboxylic acids is 1. The SMILES string of the molecule is CC(C)(C)OC(=O)NC[C@@]1(C)C[C@H]2CN(Cc3ccccc3)C[C@H]2C1. The van der Waals surface area contributed by atoms with Gasteiger partial charge in [-0.2, -0.15) is 0 Å². The van der Waals surface area contributed by atoms with Crippen molar-refractivity contribution in [2.75, 3.05) is 19.6 Å². The second kappa shape index (κ2) is 6.99. The van der Waals surface area contributed by atoms with Gasteiger partial charge in [0.25, 0.3) is 0 Å². The van der Waals surface area contributed by atoms with Crippen molar-refractivity contribution in [3.63, 3.8) is 0 Å². The van der Waals surface area contributed by atoms with Crippen molar-refractivity contribution in [1.82, 2.24) is 10.2 Å². The molecule has 4 nitrogen and oxygen atoms in total. The molecule has 1 amide bonds. The lowest BCUT2D eigenvalue weighted by molar-refractivity contribution is 0.0500. The average Bonchev–Trinajstić information content (AvgIpc) is 2.99. The van der Waals surface area contributed by atoms with Gasteiger partial charge in [0.15, 0.2) is 0 Å². The van der Waals surface area contributed by atoms with Gasteiger partial charge in [-0.25, -0.2) is 4.79 Å². The Morgan fingerprint density at radius 2 is 1.80 bits per heavy atom. The molecule has 1 saturated carbocycles. The average molecular weight is 344 g/mol. The normalized spacial score (nSPS) is 29.4. The first-order valence-corrected chi connectivity index (χ1v) is 9.46. The van der Waals surface area contributed by atoms with E-state index in [2.05, 4.69) is 47.5 Å². The number of benzene rings is 1. The maximum atomic E-state index is 11.9. The number of fused-ring (bicyclic) bond motifs is 1. The molecule has 4 heteroatoms. The number of alkyl carbamates (subject to hydrolysis) is 1. The molecule has 1 aliphatic carbocycles. The number of likely N-dealkylation sites (tertiary alicyclic amines) is 1. The number of ether oxygens (including phenoxy) is 1. The first kappa shape index (κ1) is 18.2. The minimum absolute atomic E-state index is 0.199. The van der Waals surface area contributed by atoms with Gasteiger partial charge >= 0.3 is 6.09 Å². The monoisotopic (exact) mass is 344 g/mol. The van der Waals surface area contributed by atoms with Crippen LogP contribution in [-0.4, -0.2) is 36.2 Å². The maximum absolute atomic E-state index is 11.9. The van der Waals surface area contributed by atoms with Crippen LogP contribution in [0, 0.1) is 17.3 Å². The van der Waals surface area contributed by atoms with Crippen molar-refractivity contribution >= 4 is 6.09 Å². The highest BCUT2D eigenvalue weighted by Crippen LogP contribution is 2.48. The summed E-state index contributed by atoms with van der Waals surface area (Å²) in [6.45, 7) is 12.1. The van der Waals surface area contributed by atoms with Crippen molar-refractivity contribution in [3.8, 4) is 0 Å². The van der Waals surface area contributed by atoms with E-state index in [1.807, 2.05) is 20.8 Å². The molecule has 0 bridgehead atoms. The van der Waals surface area contributed by atoms with Gasteiger partial charge in [-0.15, -0.1) is 0 Å². The third-order valence-electron chi connectivity index (χ3n) is 5.47. The number of rotatable bonds is 4. The van der Waals surface area contributed by atoms with Crippen LogP contribution < -0.4 is 5.32 Å². The summed E-state index contributed by atoms with van der Waals surface area (Å²) in [4.78, 5) is 14.5. The van der Waals surface area contributed by atoms with Crippen LogP contribution >= 0.6 is 0 Å². The van der Waals surface area contributed by atoms with Gasteiger partial charge in [0.05, 0.1) is 0 Å². The third kappa shape index (κ3) is 4.97. The molecule has 1 saturated heterocycles. The standard InChI is InChI=1S/C21H32N2O2/c1-20(2,3)25-19(24)22-15-21(4)10-17-13-23(14-18(17)11-21)12-16-8-6-5-7-9-16/h5-9,17-18H,10-15H2,1-4H3,(H,22,24)/t17-,18+,21-. The molecule has 3 atom stereocenters. The number of amides is 1. The summed E-state index contributed by atoms with van der Waals surface area (Å²) >= 11 is 0. The quantitative estimate of drug-likeness (QED) is 0.895. The summed E-state index contributed by atoms with van der Waals surface area (Å²) in [5.74, 6) is 1.52. The molecular weight excluding hydrogens is 312 g/mol. The minimum Gasteiger partial charge on any atom is -0.444 e. The fourth-order valence-electron chi connectivity index (χ4n) is 4.56. The third-order valence-corrected chi connectivity index (χ3v) is 5.47. The molecule has 138 valence electrons. The van der Waals surface area contributed by atoms with Gasteiger partial charge in [-0.3, -0.25) is 4.90 Å². The predicted octanol–water partition coefficient (Wildman–Crippen LogP) is 4.06. The smallest absolute Gasteiger partial charge is 0.407 e. The number of carbonyl (C=O) groups is 1. The highest BCUT2D eigenvalue weighted by atomic mass is 16.6. The molecule has 0 unspecified atom stereocenters. The van der Waals surface area contributed by atoms with Crippen molar-refractivity contribution < 1.29 is 9.53 Å². The van der Waals surface area contributed by atoms with Gasteiger partial charge in [0.1, 0.15) is 5.60 Å². The lowest BCUT2D eigenvalue weighted by Gasteiger charge is -2.28. The minimum atomic E-state index is -0.435. The van der Waals surface area contributed by atoms with Crippen molar-refractivity contribution in [2.45, 2.75) is 52.7 Å². The van der Waals surface area contributed by atoms with Gasteiger partial charge in [0, 0.05) is 26.2 Å². The fourth-order valence-corrected chi connectivity index (χ4v) is 4.56. The Bertz CT molecular complexity index is 580. The van der Waals surface area contributed by atoms with Gasteiger partial charge in [0.2, 0.25) is 0 Å². The van der Waals surface area contributed by atoms with Crippen LogP contribution in [0.25, 0.3) is 0 Å². The Labute approximate surface area is 151 Å². The van der Waals surface area contributed by atoms with Crippen LogP contribution in [0.2, 0.25) is 0 Å². The maximum Gasteiger partial charge on any atom is 0.407 e. The van der Waals surface area contributed by atoms with E-state index in [0.29, 0.717) is 6.54 Å². The zero-order valence-electron chi connectivity index (χ0n) is 16.0. The first-order chi connectivity index (χ1) is 11.7. The second-order valence-corrected chi connectivity index (χ2v) is 9.27. The molecule has 1 aromatic carbocycles. The van der Waals surface area contributed by atoms with E-state index in [9.17, 15) is 4.79 Å². The molecule has 1 heterocycles. The zero-order valence-corrected chi connectivity index (χ0v) is 16.0. The molecular formula is C21H32N2O2. The van der Waals surface area contributed by atoms with E-state index < -0.39 is 5.60 Å². The van der Waals surface area contributed by atoms with Gasteiger partial charge in [-0.1, -0.05) is 37.3 Å². The highest BCUT2D eigenvalue weighted by molar-refractivity contribution is 5.67. The van der Waals surface area contributed by atoms with Crippen LogP contribution in [0.3, 0.4) is 0 Å². The number of hydrogen-bond acceptors (Lipinski definition) is 3. The molecule has 0 radical (unpaired) electrons. The van der Waals surface area contributed by atoms with Crippen molar-refractivity contribution in [3.05, 3.63) is 35.9 Å². The summed E-state index contributed by atoms with van der Waals surface area (Å²) in [6, 6.07) is 10.7. The lowest BCUT2D eigenvalue weighted by Crippen LogP contribution is -2.39. The molecule has 0 spiro atoms.